The van der Waals surface area contributed by atoms with Crippen molar-refractivity contribution in [1.29, 1.82) is 0 Å². The topological polar surface area (TPSA) is 60.5 Å². The maximum absolute atomic E-state index is 11.9. The second-order valence-electron chi connectivity index (χ2n) is 5.45. The molecule has 3 rings (SSSR count). The van der Waals surface area contributed by atoms with Crippen molar-refractivity contribution in [2.75, 3.05) is 13.7 Å². The molecule has 0 spiro atoms. The van der Waals surface area contributed by atoms with Crippen LogP contribution in [0.4, 0.5) is 0 Å². The zero-order valence-corrected chi connectivity index (χ0v) is 14.4. The molecular formula is C19H17ClN2O3. The van der Waals surface area contributed by atoms with Gasteiger partial charge in [-0.05, 0) is 35.4 Å². The smallest absolute Gasteiger partial charge is 0.244 e. The first-order chi connectivity index (χ1) is 12.1. The van der Waals surface area contributed by atoms with Crippen LogP contribution >= 0.6 is 11.6 Å². The number of benzene rings is 1. The molecule has 0 fully saturated rings. The van der Waals surface area contributed by atoms with Crippen LogP contribution in [0.3, 0.4) is 0 Å². The first-order valence-corrected chi connectivity index (χ1v) is 8.09. The van der Waals surface area contributed by atoms with Crippen molar-refractivity contribution in [2.45, 2.75) is 6.54 Å². The summed E-state index contributed by atoms with van der Waals surface area (Å²) in [5.74, 6) is 1.14. The van der Waals surface area contributed by atoms with E-state index in [2.05, 4.69) is 10.3 Å². The van der Waals surface area contributed by atoms with Crippen LogP contribution in [0.5, 0.6) is 11.6 Å². The molecule has 0 atom stereocenters. The molecule has 0 saturated carbocycles. The first kappa shape index (κ1) is 17.0. The number of rotatable bonds is 5. The number of nitrogens with zero attached hydrogens (tertiary/aromatic N) is 1. The van der Waals surface area contributed by atoms with E-state index in [0.717, 1.165) is 22.4 Å². The molecule has 0 saturated heterocycles. The van der Waals surface area contributed by atoms with E-state index in [9.17, 15) is 4.79 Å². The van der Waals surface area contributed by atoms with Gasteiger partial charge in [-0.3, -0.25) is 4.79 Å². The number of hydrogen-bond acceptors (Lipinski definition) is 4. The maximum Gasteiger partial charge on any atom is 0.244 e. The van der Waals surface area contributed by atoms with Crippen LogP contribution in [0.25, 0.3) is 6.08 Å². The standard InChI is InChI=1S/C19H17ClN2O3/c1-24-19-7-3-14(11-22-19)10-21-18(23)6-2-13-8-15-9-16(20)4-5-17(15)25-12-13/h2-9,11H,10,12H2,1H3,(H,21,23). The lowest BCUT2D eigenvalue weighted by Gasteiger charge is -2.16. The zero-order chi connectivity index (χ0) is 17.6. The van der Waals surface area contributed by atoms with Crippen molar-refractivity contribution in [1.82, 2.24) is 10.3 Å². The summed E-state index contributed by atoms with van der Waals surface area (Å²) in [6.45, 7) is 0.814. The number of pyridine rings is 1. The van der Waals surface area contributed by atoms with Gasteiger partial charge in [0, 0.05) is 35.5 Å². The number of nitrogens with one attached hydrogen (secondary N) is 1. The molecule has 0 unspecified atom stereocenters. The molecule has 1 aromatic heterocycles. The zero-order valence-electron chi connectivity index (χ0n) is 13.7. The summed E-state index contributed by atoms with van der Waals surface area (Å²) >= 11 is 5.99. The van der Waals surface area contributed by atoms with Gasteiger partial charge in [-0.15, -0.1) is 0 Å². The summed E-state index contributed by atoms with van der Waals surface area (Å²) in [7, 11) is 1.56. The van der Waals surface area contributed by atoms with Crippen LogP contribution < -0.4 is 14.8 Å². The average Bonchev–Trinajstić information content (AvgIpc) is 2.64. The Balaban J connectivity index is 1.57. The van der Waals surface area contributed by atoms with Gasteiger partial charge in [0.25, 0.3) is 0 Å². The fourth-order valence-corrected chi connectivity index (χ4v) is 2.51. The SMILES string of the molecule is COc1ccc(CNC(=O)C=CC2=Cc3cc(Cl)ccc3OC2)cn1. The minimum absolute atomic E-state index is 0.186. The van der Waals surface area contributed by atoms with Crippen molar-refractivity contribution >= 4 is 23.6 Å². The Bertz CT molecular complexity index is 829. The number of carbonyl (C=O) groups is 1. The lowest BCUT2D eigenvalue weighted by Crippen LogP contribution is -2.20. The molecular weight excluding hydrogens is 340 g/mol. The maximum atomic E-state index is 11.9. The Morgan fingerprint density at radius 3 is 3.04 bits per heavy atom. The number of methoxy groups -OCH3 is 1. The number of amides is 1. The first-order valence-electron chi connectivity index (χ1n) is 7.72. The van der Waals surface area contributed by atoms with E-state index < -0.39 is 0 Å². The minimum Gasteiger partial charge on any atom is -0.488 e. The highest BCUT2D eigenvalue weighted by molar-refractivity contribution is 6.30. The molecule has 0 radical (unpaired) electrons. The lowest BCUT2D eigenvalue weighted by atomic mass is 10.1. The van der Waals surface area contributed by atoms with E-state index in [1.54, 1.807) is 31.5 Å². The summed E-state index contributed by atoms with van der Waals surface area (Å²) in [6, 6.07) is 9.07. The Morgan fingerprint density at radius 1 is 1.40 bits per heavy atom. The third kappa shape index (κ3) is 4.61. The van der Waals surface area contributed by atoms with Crippen LogP contribution in [0.2, 0.25) is 5.02 Å². The summed E-state index contributed by atoms with van der Waals surface area (Å²) in [4.78, 5) is 16.0. The minimum atomic E-state index is -0.186. The van der Waals surface area contributed by atoms with Crippen molar-refractivity contribution in [2.24, 2.45) is 0 Å². The predicted octanol–water partition coefficient (Wildman–Crippen LogP) is 3.39. The van der Waals surface area contributed by atoms with E-state index in [1.165, 1.54) is 6.08 Å². The van der Waals surface area contributed by atoms with Crippen molar-refractivity contribution in [3.63, 3.8) is 0 Å². The quantitative estimate of drug-likeness (QED) is 0.834. The van der Waals surface area contributed by atoms with Gasteiger partial charge in [0.05, 0.1) is 7.11 Å². The molecule has 25 heavy (non-hydrogen) atoms. The molecule has 0 aliphatic carbocycles. The number of halogens is 1. The number of carbonyl (C=O) groups excluding carboxylic acids is 1. The van der Waals surface area contributed by atoms with Gasteiger partial charge in [0.15, 0.2) is 0 Å². The third-order valence-electron chi connectivity index (χ3n) is 3.63. The van der Waals surface area contributed by atoms with Gasteiger partial charge in [0.1, 0.15) is 12.4 Å². The van der Waals surface area contributed by atoms with Gasteiger partial charge in [-0.25, -0.2) is 4.98 Å². The van der Waals surface area contributed by atoms with Gasteiger partial charge >= 0.3 is 0 Å². The molecule has 0 bridgehead atoms. The predicted molar refractivity (Wildman–Crippen MR) is 96.7 cm³/mol. The van der Waals surface area contributed by atoms with Crippen LogP contribution in [-0.4, -0.2) is 24.6 Å². The monoisotopic (exact) mass is 356 g/mol. The lowest BCUT2D eigenvalue weighted by molar-refractivity contribution is -0.116. The molecule has 1 aliphatic heterocycles. The summed E-state index contributed by atoms with van der Waals surface area (Å²) in [6.07, 6.45) is 6.86. The Morgan fingerprint density at radius 2 is 2.28 bits per heavy atom. The van der Waals surface area contributed by atoms with Crippen molar-refractivity contribution < 1.29 is 14.3 Å². The highest BCUT2D eigenvalue weighted by atomic mass is 35.5. The van der Waals surface area contributed by atoms with Gasteiger partial charge in [-0.2, -0.15) is 0 Å². The van der Waals surface area contributed by atoms with E-state index in [0.29, 0.717) is 24.1 Å². The number of hydrogen-bond donors (Lipinski definition) is 1. The van der Waals surface area contributed by atoms with Crippen LogP contribution in [0, 0.1) is 0 Å². The largest absolute Gasteiger partial charge is 0.488 e. The normalized spacial score (nSPS) is 13.0. The molecule has 2 aromatic rings. The molecule has 1 N–H and O–H groups in total. The highest BCUT2D eigenvalue weighted by Gasteiger charge is 2.10. The van der Waals surface area contributed by atoms with Crippen LogP contribution in [0.15, 0.2) is 54.3 Å². The van der Waals surface area contributed by atoms with Crippen LogP contribution in [0.1, 0.15) is 11.1 Å². The molecule has 6 heteroatoms. The molecule has 2 heterocycles. The summed E-state index contributed by atoms with van der Waals surface area (Å²) in [5, 5.41) is 3.46. The highest BCUT2D eigenvalue weighted by Crippen LogP contribution is 2.29. The summed E-state index contributed by atoms with van der Waals surface area (Å²) < 4.78 is 10.6. The summed E-state index contributed by atoms with van der Waals surface area (Å²) in [5.41, 5.74) is 2.70. The Kier molecular flexibility index (Phi) is 5.36. The van der Waals surface area contributed by atoms with E-state index >= 15 is 0 Å². The number of fused-ring (bicyclic) bond motifs is 1. The van der Waals surface area contributed by atoms with Crippen LogP contribution in [-0.2, 0) is 11.3 Å². The molecule has 1 aromatic carbocycles. The van der Waals surface area contributed by atoms with E-state index in [1.807, 2.05) is 24.3 Å². The fraction of sp³-hybridized carbons (Fsp3) is 0.158. The van der Waals surface area contributed by atoms with Gasteiger partial charge < -0.3 is 14.8 Å². The number of aromatic nitrogens is 1. The fourth-order valence-electron chi connectivity index (χ4n) is 2.33. The average molecular weight is 357 g/mol. The third-order valence-corrected chi connectivity index (χ3v) is 3.86. The number of ether oxygens (including phenoxy) is 2. The van der Waals surface area contributed by atoms with Gasteiger partial charge in [-0.1, -0.05) is 23.7 Å². The molecule has 1 aliphatic rings. The van der Waals surface area contributed by atoms with Gasteiger partial charge in [0.2, 0.25) is 11.8 Å². The molecule has 128 valence electrons. The van der Waals surface area contributed by atoms with E-state index in [4.69, 9.17) is 21.1 Å². The second kappa shape index (κ2) is 7.85. The van der Waals surface area contributed by atoms with Crippen molar-refractivity contribution in [3.8, 4) is 11.6 Å². The molecule has 1 amide bonds. The van der Waals surface area contributed by atoms with Crippen molar-refractivity contribution in [3.05, 3.63) is 70.4 Å². The second-order valence-corrected chi connectivity index (χ2v) is 5.89. The Labute approximate surface area is 150 Å². The Hall–Kier alpha value is -2.79. The van der Waals surface area contributed by atoms with E-state index in [-0.39, 0.29) is 5.91 Å². The molecule has 5 nitrogen and oxygen atoms in total.